The molecular weight excluding hydrogens is 372 g/mol. The maximum Gasteiger partial charge on any atom is 0.237 e. The lowest BCUT2D eigenvalue weighted by atomic mass is 10.1. The summed E-state index contributed by atoms with van der Waals surface area (Å²) >= 11 is 1.28. The van der Waals surface area contributed by atoms with E-state index in [2.05, 4.69) is 27.7 Å². The molecule has 0 bridgehead atoms. The van der Waals surface area contributed by atoms with Crippen molar-refractivity contribution in [3.63, 3.8) is 0 Å². The van der Waals surface area contributed by atoms with E-state index in [1.165, 1.54) is 11.8 Å². The van der Waals surface area contributed by atoms with Crippen LogP contribution in [0.3, 0.4) is 0 Å². The molecule has 1 aromatic heterocycles. The molecule has 28 heavy (non-hydrogen) atoms. The normalized spacial score (nSPS) is 10.5. The maximum atomic E-state index is 12.8. The summed E-state index contributed by atoms with van der Waals surface area (Å²) in [5, 5.41) is 21.4. The quantitative estimate of drug-likeness (QED) is 0.573. The number of nitrogens with zero attached hydrogens (tertiary/aromatic N) is 6. The first-order valence-corrected chi connectivity index (χ1v) is 9.80. The van der Waals surface area contributed by atoms with Gasteiger partial charge in [0.15, 0.2) is 0 Å². The number of aromatic nitrogens is 4. The van der Waals surface area contributed by atoms with Gasteiger partial charge in [0.1, 0.15) is 0 Å². The smallest absolute Gasteiger partial charge is 0.237 e. The molecule has 0 unspecified atom stereocenters. The zero-order valence-corrected chi connectivity index (χ0v) is 16.6. The van der Waals surface area contributed by atoms with Crippen LogP contribution < -0.4 is 4.90 Å². The maximum absolute atomic E-state index is 12.8. The van der Waals surface area contributed by atoms with Gasteiger partial charge in [-0.05, 0) is 48.0 Å². The number of tetrazole rings is 1. The van der Waals surface area contributed by atoms with Crippen LogP contribution in [-0.2, 0) is 4.79 Å². The number of thioether (sulfide) groups is 1. The first kappa shape index (κ1) is 19.6. The highest BCUT2D eigenvalue weighted by Gasteiger charge is 2.18. The lowest BCUT2D eigenvalue weighted by Crippen LogP contribution is -2.33. The number of hydrogen-bond donors (Lipinski definition) is 0. The minimum absolute atomic E-state index is 0.0957. The molecule has 0 atom stereocenters. The van der Waals surface area contributed by atoms with Gasteiger partial charge in [-0.25, -0.2) is 0 Å². The Balaban J connectivity index is 1.75. The van der Waals surface area contributed by atoms with Gasteiger partial charge in [-0.1, -0.05) is 47.7 Å². The summed E-state index contributed by atoms with van der Waals surface area (Å²) in [5.74, 6) is 0.0765. The number of carbonyl (C=O) groups is 1. The highest BCUT2D eigenvalue weighted by Crippen LogP contribution is 2.23. The predicted octanol–water partition coefficient (Wildman–Crippen LogP) is 3.32. The summed E-state index contributed by atoms with van der Waals surface area (Å²) in [6.45, 7) is 4.38. The van der Waals surface area contributed by atoms with Crippen LogP contribution in [0.25, 0.3) is 5.69 Å². The third kappa shape index (κ3) is 4.56. The third-order valence-corrected chi connectivity index (χ3v) is 5.07. The molecule has 0 fully saturated rings. The summed E-state index contributed by atoms with van der Waals surface area (Å²) in [6, 6.07) is 17.5. The zero-order valence-electron chi connectivity index (χ0n) is 15.7. The van der Waals surface area contributed by atoms with Crippen molar-refractivity contribution < 1.29 is 4.79 Å². The molecule has 3 rings (SSSR count). The van der Waals surface area contributed by atoms with E-state index in [9.17, 15) is 4.79 Å². The van der Waals surface area contributed by atoms with Crippen molar-refractivity contribution in [3.8, 4) is 11.8 Å². The molecule has 0 aliphatic carbocycles. The molecule has 7 nitrogen and oxygen atoms in total. The average Bonchev–Trinajstić information content (AvgIpc) is 3.16. The molecule has 2 aromatic carbocycles. The summed E-state index contributed by atoms with van der Waals surface area (Å²) < 4.78 is 1.65. The van der Waals surface area contributed by atoms with Gasteiger partial charge in [0, 0.05) is 12.2 Å². The molecule has 3 aromatic rings. The molecule has 8 heteroatoms. The van der Waals surface area contributed by atoms with E-state index >= 15 is 0 Å². The van der Waals surface area contributed by atoms with Crippen LogP contribution in [0.15, 0.2) is 53.7 Å². The Bertz CT molecular complexity index is 995. The van der Waals surface area contributed by atoms with Crippen LogP contribution in [0.1, 0.15) is 17.5 Å². The number of carbonyl (C=O) groups excluding carboxylic acids is 1. The number of para-hydroxylation sites is 1. The number of hydrogen-bond acceptors (Lipinski definition) is 6. The monoisotopic (exact) mass is 392 g/mol. The number of nitriles is 1. The topological polar surface area (TPSA) is 87.7 Å². The molecule has 0 saturated heterocycles. The molecule has 0 aliphatic heterocycles. The van der Waals surface area contributed by atoms with E-state index in [1.54, 1.807) is 9.58 Å². The van der Waals surface area contributed by atoms with Crippen molar-refractivity contribution in [1.82, 2.24) is 20.2 Å². The molecule has 0 saturated carbocycles. The first-order valence-electron chi connectivity index (χ1n) is 8.81. The molecule has 0 N–H and O–H groups in total. The zero-order chi connectivity index (χ0) is 19.9. The summed E-state index contributed by atoms with van der Waals surface area (Å²) in [4.78, 5) is 14.4. The minimum atomic E-state index is -0.0957. The molecule has 0 spiro atoms. The van der Waals surface area contributed by atoms with Crippen molar-refractivity contribution in [1.29, 1.82) is 5.26 Å². The lowest BCUT2D eigenvalue weighted by Gasteiger charge is -2.21. The lowest BCUT2D eigenvalue weighted by molar-refractivity contribution is -0.116. The summed E-state index contributed by atoms with van der Waals surface area (Å²) in [6.07, 6.45) is 0.269. The molecule has 0 radical (unpaired) electrons. The van der Waals surface area contributed by atoms with Crippen molar-refractivity contribution in [2.45, 2.75) is 25.4 Å². The average molecular weight is 392 g/mol. The Hall–Kier alpha value is -3.18. The van der Waals surface area contributed by atoms with Gasteiger partial charge in [0.2, 0.25) is 11.1 Å². The highest BCUT2D eigenvalue weighted by molar-refractivity contribution is 7.99. The van der Waals surface area contributed by atoms with Crippen LogP contribution >= 0.6 is 11.8 Å². The Labute approximate surface area is 168 Å². The van der Waals surface area contributed by atoms with Crippen molar-refractivity contribution in [2.75, 3.05) is 17.2 Å². The van der Waals surface area contributed by atoms with E-state index < -0.39 is 0 Å². The van der Waals surface area contributed by atoms with Gasteiger partial charge < -0.3 is 4.90 Å². The SMILES string of the molecule is Cc1ccc(-n2nnnc2SCC(=O)N(CCC#N)c2ccccc2)c(C)c1. The largest absolute Gasteiger partial charge is 0.311 e. The van der Waals surface area contributed by atoms with E-state index in [1.807, 2.05) is 56.3 Å². The fourth-order valence-corrected chi connectivity index (χ4v) is 3.59. The Morgan fingerprint density at radius 1 is 1.21 bits per heavy atom. The highest BCUT2D eigenvalue weighted by atomic mass is 32.2. The van der Waals surface area contributed by atoms with E-state index in [4.69, 9.17) is 5.26 Å². The Morgan fingerprint density at radius 3 is 2.71 bits per heavy atom. The van der Waals surface area contributed by atoms with Crippen molar-refractivity contribution >= 4 is 23.4 Å². The standard InChI is InChI=1S/C20H20N6OS/c1-15-9-10-18(16(2)13-15)26-20(22-23-24-26)28-14-19(27)25(12-6-11-21)17-7-4-3-5-8-17/h3-5,7-10,13H,6,12,14H2,1-2H3. The fourth-order valence-electron chi connectivity index (χ4n) is 2.83. The molecule has 0 aliphatic rings. The Kier molecular flexibility index (Phi) is 6.40. The second-order valence-corrected chi connectivity index (χ2v) is 7.18. The third-order valence-electron chi connectivity index (χ3n) is 4.16. The number of benzene rings is 2. The number of amides is 1. The van der Waals surface area contributed by atoms with Gasteiger partial charge in [-0.2, -0.15) is 9.94 Å². The molecular formula is C20H20N6OS. The second kappa shape index (κ2) is 9.15. The van der Waals surface area contributed by atoms with Gasteiger partial charge in [0.25, 0.3) is 0 Å². The number of anilines is 1. The van der Waals surface area contributed by atoms with E-state index in [0.717, 1.165) is 22.5 Å². The van der Waals surface area contributed by atoms with Crippen molar-refractivity contribution in [3.05, 3.63) is 59.7 Å². The van der Waals surface area contributed by atoms with Gasteiger partial charge in [0.05, 0.1) is 23.9 Å². The second-order valence-electron chi connectivity index (χ2n) is 6.24. The van der Waals surface area contributed by atoms with Crippen LogP contribution in [-0.4, -0.2) is 38.4 Å². The van der Waals surface area contributed by atoms with Crippen LogP contribution in [0.4, 0.5) is 5.69 Å². The van der Waals surface area contributed by atoms with Gasteiger partial charge in [-0.15, -0.1) is 5.10 Å². The van der Waals surface area contributed by atoms with Crippen LogP contribution in [0.2, 0.25) is 0 Å². The summed E-state index contributed by atoms with van der Waals surface area (Å²) in [5.41, 5.74) is 3.88. The number of rotatable bonds is 7. The van der Waals surface area contributed by atoms with Crippen LogP contribution in [0.5, 0.6) is 0 Å². The summed E-state index contributed by atoms with van der Waals surface area (Å²) in [7, 11) is 0. The molecule has 1 amide bonds. The van der Waals surface area contributed by atoms with Crippen molar-refractivity contribution in [2.24, 2.45) is 0 Å². The van der Waals surface area contributed by atoms with E-state index in [-0.39, 0.29) is 18.1 Å². The fraction of sp³-hybridized carbons (Fsp3) is 0.250. The molecule has 1 heterocycles. The van der Waals surface area contributed by atoms with E-state index in [0.29, 0.717) is 11.7 Å². The molecule has 142 valence electrons. The number of aryl methyl sites for hydroxylation is 2. The minimum Gasteiger partial charge on any atom is -0.311 e. The first-order chi connectivity index (χ1) is 13.6. The van der Waals surface area contributed by atoms with Gasteiger partial charge in [-0.3, -0.25) is 4.79 Å². The van der Waals surface area contributed by atoms with Gasteiger partial charge >= 0.3 is 0 Å². The van der Waals surface area contributed by atoms with Crippen LogP contribution in [0, 0.1) is 25.2 Å². The Morgan fingerprint density at radius 2 is 2.00 bits per heavy atom. The predicted molar refractivity (Wildman–Crippen MR) is 108 cm³/mol.